The van der Waals surface area contributed by atoms with Gasteiger partial charge in [-0.25, -0.2) is 0 Å². The van der Waals surface area contributed by atoms with Crippen LogP contribution in [0.15, 0.2) is 48.7 Å². The second kappa shape index (κ2) is 9.11. The van der Waals surface area contributed by atoms with Gasteiger partial charge in [0.05, 0.1) is 28.5 Å². The molecule has 1 aliphatic heterocycles. The van der Waals surface area contributed by atoms with E-state index in [4.69, 9.17) is 23.2 Å². The Morgan fingerprint density at radius 2 is 2.03 bits per heavy atom. The van der Waals surface area contributed by atoms with Crippen molar-refractivity contribution in [3.8, 4) is 17.3 Å². The molecule has 0 saturated carbocycles. The Morgan fingerprint density at radius 1 is 1.26 bits per heavy atom. The molecule has 8 heteroatoms. The third-order valence-electron chi connectivity index (χ3n) is 5.65. The topological polar surface area (TPSA) is 82.7 Å². The van der Waals surface area contributed by atoms with Crippen LogP contribution in [0.1, 0.15) is 33.8 Å². The van der Waals surface area contributed by atoms with Crippen LogP contribution in [0.5, 0.6) is 0 Å². The van der Waals surface area contributed by atoms with E-state index in [1.54, 1.807) is 29.9 Å². The van der Waals surface area contributed by atoms with E-state index in [1.807, 2.05) is 24.3 Å². The third kappa shape index (κ3) is 4.45. The van der Waals surface area contributed by atoms with Crippen LogP contribution in [0.2, 0.25) is 10.0 Å². The molecule has 0 spiro atoms. The van der Waals surface area contributed by atoms with Crippen molar-refractivity contribution >= 4 is 29.1 Å². The van der Waals surface area contributed by atoms with Crippen molar-refractivity contribution in [2.24, 2.45) is 7.05 Å². The molecule has 2 heterocycles. The number of benzene rings is 2. The molecule has 3 aromatic rings. The van der Waals surface area contributed by atoms with Crippen LogP contribution < -0.4 is 10.6 Å². The number of nitrogens with one attached hydrogen (secondary N) is 2. The molecule has 1 aliphatic rings. The largest absolute Gasteiger partial charge is 0.347 e. The maximum atomic E-state index is 13.0. The van der Waals surface area contributed by atoms with Crippen molar-refractivity contribution in [3.63, 3.8) is 0 Å². The van der Waals surface area contributed by atoms with Crippen molar-refractivity contribution in [2.75, 3.05) is 13.1 Å². The zero-order valence-corrected chi connectivity index (χ0v) is 18.4. The molecule has 158 valence electrons. The number of aryl methyl sites for hydroxylation is 1. The minimum atomic E-state index is -0.216. The van der Waals surface area contributed by atoms with Gasteiger partial charge in [-0.2, -0.15) is 10.4 Å². The van der Waals surface area contributed by atoms with Gasteiger partial charge < -0.3 is 10.6 Å². The van der Waals surface area contributed by atoms with Crippen LogP contribution in [0.4, 0.5) is 0 Å². The average molecular weight is 454 g/mol. The van der Waals surface area contributed by atoms with Crippen molar-refractivity contribution in [3.05, 3.63) is 75.4 Å². The summed E-state index contributed by atoms with van der Waals surface area (Å²) >= 11 is 12.3. The first-order chi connectivity index (χ1) is 15.0. The van der Waals surface area contributed by atoms with Gasteiger partial charge in [-0.1, -0.05) is 41.4 Å². The minimum absolute atomic E-state index is 0.0702. The quantitative estimate of drug-likeness (QED) is 0.621. The molecule has 1 unspecified atom stereocenters. The number of hydrogen-bond donors (Lipinski definition) is 2. The van der Waals surface area contributed by atoms with E-state index < -0.39 is 0 Å². The summed E-state index contributed by atoms with van der Waals surface area (Å²) in [7, 11) is 1.76. The fourth-order valence-electron chi connectivity index (χ4n) is 4.07. The molecular weight excluding hydrogens is 433 g/mol. The average Bonchev–Trinajstić information content (AvgIpc) is 3.12. The van der Waals surface area contributed by atoms with Gasteiger partial charge in [0.25, 0.3) is 5.91 Å². The summed E-state index contributed by atoms with van der Waals surface area (Å²) in [5, 5.41) is 21.4. The van der Waals surface area contributed by atoms with Crippen LogP contribution in [0, 0.1) is 11.3 Å². The van der Waals surface area contributed by atoms with E-state index in [-0.39, 0.29) is 17.9 Å². The van der Waals surface area contributed by atoms with Crippen molar-refractivity contribution in [1.29, 1.82) is 5.26 Å². The number of amides is 1. The van der Waals surface area contributed by atoms with E-state index in [9.17, 15) is 10.1 Å². The molecule has 0 bridgehead atoms. The second-order valence-corrected chi connectivity index (χ2v) is 8.41. The summed E-state index contributed by atoms with van der Waals surface area (Å²) in [6, 6.07) is 14.9. The number of carbonyl (C=O) groups excluding carboxylic acids is 1. The number of halogens is 2. The molecule has 1 aromatic heterocycles. The summed E-state index contributed by atoms with van der Waals surface area (Å²) in [4.78, 5) is 13.0. The standard InChI is InChI=1S/C23H21Cl2N5O/c1-30-22(20(25)12-28-30)19-7-4-15(10-16(19)11-26)23(31)29-21-13-27-9-8-18(21)14-2-5-17(24)6-3-14/h2-7,10,12,18,21,27H,8-9,13H2,1H3,(H,29,31)/t18?,21-/m1/s1. The number of nitriles is 1. The summed E-state index contributed by atoms with van der Waals surface area (Å²) < 4.78 is 1.61. The normalized spacial score (nSPS) is 18.4. The minimum Gasteiger partial charge on any atom is -0.347 e. The van der Waals surface area contributed by atoms with Gasteiger partial charge >= 0.3 is 0 Å². The lowest BCUT2D eigenvalue weighted by Crippen LogP contribution is -2.50. The zero-order valence-electron chi connectivity index (χ0n) is 16.9. The van der Waals surface area contributed by atoms with Crippen LogP contribution in [-0.4, -0.2) is 34.8 Å². The molecule has 31 heavy (non-hydrogen) atoms. The first kappa shape index (κ1) is 21.4. The Labute approximate surface area is 190 Å². The van der Waals surface area contributed by atoms with Gasteiger partial charge in [-0.15, -0.1) is 0 Å². The highest BCUT2D eigenvalue weighted by atomic mass is 35.5. The molecule has 2 N–H and O–H groups in total. The number of carbonyl (C=O) groups is 1. The molecule has 1 saturated heterocycles. The fourth-order valence-corrected chi connectivity index (χ4v) is 4.46. The monoisotopic (exact) mass is 453 g/mol. The van der Waals surface area contributed by atoms with Crippen molar-refractivity contribution in [1.82, 2.24) is 20.4 Å². The predicted octanol–water partition coefficient (Wildman–Crippen LogP) is 4.14. The maximum absolute atomic E-state index is 13.0. The Kier molecular flexibility index (Phi) is 6.28. The zero-order chi connectivity index (χ0) is 22.0. The van der Waals surface area contributed by atoms with Gasteiger partial charge in [0.2, 0.25) is 0 Å². The fraction of sp³-hybridized carbons (Fsp3) is 0.261. The first-order valence-corrected chi connectivity index (χ1v) is 10.7. The van der Waals surface area contributed by atoms with Gasteiger partial charge in [0.1, 0.15) is 0 Å². The van der Waals surface area contributed by atoms with Crippen LogP contribution in [0.25, 0.3) is 11.3 Å². The van der Waals surface area contributed by atoms with E-state index in [2.05, 4.69) is 21.8 Å². The number of piperidine rings is 1. The molecular formula is C23H21Cl2N5O. The van der Waals surface area contributed by atoms with Gasteiger partial charge in [0, 0.05) is 41.7 Å². The molecule has 6 nitrogen and oxygen atoms in total. The summed E-state index contributed by atoms with van der Waals surface area (Å²) in [5.74, 6) is -0.0303. The van der Waals surface area contributed by atoms with Gasteiger partial charge in [-0.3, -0.25) is 9.48 Å². The van der Waals surface area contributed by atoms with E-state index in [0.29, 0.717) is 39.0 Å². The number of rotatable bonds is 4. The smallest absolute Gasteiger partial charge is 0.251 e. The van der Waals surface area contributed by atoms with Crippen molar-refractivity contribution < 1.29 is 4.79 Å². The Bertz CT molecular complexity index is 1130. The van der Waals surface area contributed by atoms with Crippen LogP contribution in [-0.2, 0) is 7.05 Å². The van der Waals surface area contributed by atoms with Crippen molar-refractivity contribution in [2.45, 2.75) is 18.4 Å². The summed E-state index contributed by atoms with van der Waals surface area (Å²) in [6.07, 6.45) is 2.44. The molecule has 0 radical (unpaired) electrons. The molecule has 2 atom stereocenters. The summed E-state index contributed by atoms with van der Waals surface area (Å²) in [6.45, 7) is 1.56. The second-order valence-electron chi connectivity index (χ2n) is 7.57. The molecule has 1 amide bonds. The number of hydrogen-bond acceptors (Lipinski definition) is 4. The highest BCUT2D eigenvalue weighted by Gasteiger charge is 2.28. The third-order valence-corrected chi connectivity index (χ3v) is 6.18. The molecule has 4 rings (SSSR count). The van der Waals surface area contributed by atoms with Gasteiger partial charge in [0.15, 0.2) is 0 Å². The first-order valence-electron chi connectivity index (χ1n) is 9.97. The number of nitrogens with zero attached hydrogens (tertiary/aromatic N) is 3. The number of aromatic nitrogens is 2. The highest BCUT2D eigenvalue weighted by Crippen LogP contribution is 2.31. The Morgan fingerprint density at radius 3 is 2.71 bits per heavy atom. The lowest BCUT2D eigenvalue weighted by Gasteiger charge is -2.33. The molecule has 1 fully saturated rings. The lowest BCUT2D eigenvalue weighted by molar-refractivity contribution is 0.0924. The predicted molar refractivity (Wildman–Crippen MR) is 121 cm³/mol. The SMILES string of the molecule is Cn1ncc(Cl)c1-c1ccc(C(=O)N[C@@H]2CNCCC2c2ccc(Cl)cc2)cc1C#N. The van der Waals surface area contributed by atoms with E-state index in [1.165, 1.54) is 6.20 Å². The highest BCUT2D eigenvalue weighted by molar-refractivity contribution is 6.33. The maximum Gasteiger partial charge on any atom is 0.251 e. The summed E-state index contributed by atoms with van der Waals surface area (Å²) in [5.41, 5.74) is 3.23. The van der Waals surface area contributed by atoms with E-state index >= 15 is 0 Å². The molecule has 0 aliphatic carbocycles. The van der Waals surface area contributed by atoms with E-state index in [0.717, 1.165) is 18.5 Å². The Hall–Kier alpha value is -2.85. The Balaban J connectivity index is 1.58. The lowest BCUT2D eigenvalue weighted by atomic mass is 9.86. The van der Waals surface area contributed by atoms with Crippen LogP contribution >= 0.6 is 23.2 Å². The van der Waals surface area contributed by atoms with Crippen LogP contribution in [0.3, 0.4) is 0 Å². The van der Waals surface area contributed by atoms with Gasteiger partial charge in [-0.05, 0) is 42.8 Å². The molecule has 2 aromatic carbocycles.